The molecule has 7 heteroatoms. The standard InChI is InChI=1S/C19H32N4O2S/c1-14(17-15(2)26-16(3)20-17)22(4)18(24)21-19(7-5-6-8-19)13-23-9-11-25-12-10-23/h14H,5-13H2,1-4H3,(H,21,24). The van der Waals surface area contributed by atoms with Gasteiger partial charge >= 0.3 is 6.03 Å². The SMILES string of the molecule is Cc1nc(C(C)N(C)C(=O)NC2(CN3CCOCC3)CCCC2)c(C)s1. The molecule has 1 saturated heterocycles. The van der Waals surface area contributed by atoms with Gasteiger partial charge in [0.15, 0.2) is 0 Å². The molecule has 26 heavy (non-hydrogen) atoms. The summed E-state index contributed by atoms with van der Waals surface area (Å²) in [4.78, 5) is 23.1. The third kappa shape index (κ3) is 4.38. The summed E-state index contributed by atoms with van der Waals surface area (Å²) in [5.41, 5.74) is 0.911. The molecule has 6 nitrogen and oxygen atoms in total. The quantitative estimate of drug-likeness (QED) is 0.853. The van der Waals surface area contributed by atoms with E-state index < -0.39 is 0 Å². The highest BCUT2D eigenvalue weighted by molar-refractivity contribution is 7.11. The van der Waals surface area contributed by atoms with E-state index in [4.69, 9.17) is 4.74 Å². The number of hydrogen-bond acceptors (Lipinski definition) is 5. The van der Waals surface area contributed by atoms with E-state index in [2.05, 4.69) is 29.0 Å². The number of amides is 2. The number of rotatable bonds is 5. The molecule has 0 spiro atoms. The van der Waals surface area contributed by atoms with Crippen LogP contribution in [0.15, 0.2) is 0 Å². The minimum Gasteiger partial charge on any atom is -0.379 e. The summed E-state index contributed by atoms with van der Waals surface area (Å²) in [7, 11) is 1.88. The Balaban J connectivity index is 1.66. The predicted octanol–water partition coefficient (Wildman–Crippen LogP) is 3.11. The molecule has 1 N–H and O–H groups in total. The third-order valence-electron chi connectivity index (χ3n) is 5.80. The van der Waals surface area contributed by atoms with Gasteiger partial charge in [0.1, 0.15) is 0 Å². The van der Waals surface area contributed by atoms with Gasteiger partial charge in [0.25, 0.3) is 0 Å². The first-order valence-corrected chi connectivity index (χ1v) is 10.5. The lowest BCUT2D eigenvalue weighted by Gasteiger charge is -2.39. The maximum Gasteiger partial charge on any atom is 0.318 e. The second-order valence-electron chi connectivity index (χ2n) is 7.77. The average Bonchev–Trinajstić information content (AvgIpc) is 3.20. The molecular formula is C19H32N4O2S. The van der Waals surface area contributed by atoms with E-state index in [0.717, 1.165) is 56.4 Å². The fourth-order valence-electron chi connectivity index (χ4n) is 4.17. The van der Waals surface area contributed by atoms with Crippen LogP contribution in [-0.2, 0) is 4.74 Å². The van der Waals surface area contributed by atoms with Gasteiger partial charge in [0, 0.05) is 31.6 Å². The summed E-state index contributed by atoms with van der Waals surface area (Å²) in [6.07, 6.45) is 4.50. The van der Waals surface area contributed by atoms with Crippen molar-refractivity contribution in [2.24, 2.45) is 0 Å². The summed E-state index contributed by atoms with van der Waals surface area (Å²) in [5, 5.41) is 4.45. The number of aryl methyl sites for hydroxylation is 2. The van der Waals surface area contributed by atoms with Gasteiger partial charge in [0.2, 0.25) is 0 Å². The topological polar surface area (TPSA) is 57.7 Å². The Hall–Kier alpha value is -1.18. The molecule has 0 radical (unpaired) electrons. The number of thiazole rings is 1. The number of hydrogen-bond donors (Lipinski definition) is 1. The van der Waals surface area contributed by atoms with Gasteiger partial charge in [-0.1, -0.05) is 12.8 Å². The second kappa shape index (κ2) is 8.23. The molecule has 2 fully saturated rings. The van der Waals surface area contributed by atoms with Crippen LogP contribution >= 0.6 is 11.3 Å². The summed E-state index contributed by atoms with van der Waals surface area (Å²) >= 11 is 1.69. The number of carbonyl (C=O) groups is 1. The molecule has 146 valence electrons. The zero-order valence-electron chi connectivity index (χ0n) is 16.5. The monoisotopic (exact) mass is 380 g/mol. The number of ether oxygens (including phenoxy) is 1. The summed E-state index contributed by atoms with van der Waals surface area (Å²) in [6, 6.07) is -0.0143. The maximum absolute atomic E-state index is 13.0. The number of aromatic nitrogens is 1. The van der Waals surface area contributed by atoms with E-state index >= 15 is 0 Å². The number of carbonyl (C=O) groups excluding carboxylic acids is 1. The molecule has 1 aliphatic carbocycles. The van der Waals surface area contributed by atoms with Crippen LogP contribution in [0.25, 0.3) is 0 Å². The molecule has 2 heterocycles. The van der Waals surface area contributed by atoms with Gasteiger partial charge in [-0.2, -0.15) is 0 Å². The van der Waals surface area contributed by atoms with Crippen molar-refractivity contribution in [2.75, 3.05) is 39.9 Å². The highest BCUT2D eigenvalue weighted by Crippen LogP contribution is 2.32. The van der Waals surface area contributed by atoms with E-state index in [1.807, 2.05) is 14.0 Å². The Morgan fingerprint density at radius 1 is 1.35 bits per heavy atom. The lowest BCUT2D eigenvalue weighted by Crippen LogP contribution is -2.58. The molecule has 1 aromatic heterocycles. The van der Waals surface area contributed by atoms with Crippen molar-refractivity contribution in [3.8, 4) is 0 Å². The molecule has 1 aliphatic heterocycles. The van der Waals surface area contributed by atoms with Gasteiger partial charge in [-0.05, 0) is 33.6 Å². The van der Waals surface area contributed by atoms with Crippen LogP contribution in [0.1, 0.15) is 54.2 Å². The van der Waals surface area contributed by atoms with Gasteiger partial charge < -0.3 is 15.0 Å². The fourth-order valence-corrected chi connectivity index (χ4v) is 5.08. The molecule has 3 rings (SSSR count). The van der Waals surface area contributed by atoms with E-state index in [-0.39, 0.29) is 17.6 Å². The number of nitrogens with zero attached hydrogens (tertiary/aromatic N) is 3. The van der Waals surface area contributed by atoms with Crippen molar-refractivity contribution in [3.63, 3.8) is 0 Å². The maximum atomic E-state index is 13.0. The van der Waals surface area contributed by atoms with Crippen molar-refractivity contribution in [3.05, 3.63) is 15.6 Å². The van der Waals surface area contributed by atoms with Crippen molar-refractivity contribution in [1.82, 2.24) is 20.1 Å². The second-order valence-corrected chi connectivity index (χ2v) is 9.17. The van der Waals surface area contributed by atoms with Gasteiger partial charge in [0.05, 0.1) is 35.5 Å². The van der Waals surface area contributed by atoms with Crippen LogP contribution in [0.2, 0.25) is 0 Å². The minimum atomic E-state index is -0.102. The van der Waals surface area contributed by atoms with Gasteiger partial charge in [-0.3, -0.25) is 4.90 Å². The Labute approximate surface area is 160 Å². The number of urea groups is 1. The molecule has 1 atom stereocenters. The Morgan fingerprint density at radius 3 is 2.58 bits per heavy atom. The lowest BCUT2D eigenvalue weighted by atomic mass is 9.96. The summed E-state index contributed by atoms with van der Waals surface area (Å²) < 4.78 is 5.47. The van der Waals surface area contributed by atoms with Crippen LogP contribution in [0, 0.1) is 13.8 Å². The minimum absolute atomic E-state index is 0.0118. The molecule has 1 aromatic rings. The van der Waals surface area contributed by atoms with Crippen LogP contribution in [0.3, 0.4) is 0 Å². The summed E-state index contributed by atoms with van der Waals surface area (Å²) in [5.74, 6) is 0. The molecule has 2 aliphatic rings. The van der Waals surface area contributed by atoms with Crippen LogP contribution in [0.4, 0.5) is 4.79 Å². The summed E-state index contributed by atoms with van der Waals surface area (Å²) in [6.45, 7) is 10.6. The van der Waals surface area contributed by atoms with E-state index in [9.17, 15) is 4.79 Å². The largest absolute Gasteiger partial charge is 0.379 e. The Morgan fingerprint density at radius 2 is 2.00 bits per heavy atom. The number of nitrogens with one attached hydrogen (secondary N) is 1. The van der Waals surface area contributed by atoms with Crippen molar-refractivity contribution < 1.29 is 9.53 Å². The van der Waals surface area contributed by atoms with Gasteiger partial charge in [-0.15, -0.1) is 11.3 Å². The van der Waals surface area contributed by atoms with E-state index in [1.165, 1.54) is 17.7 Å². The van der Waals surface area contributed by atoms with Gasteiger partial charge in [-0.25, -0.2) is 9.78 Å². The first-order chi connectivity index (χ1) is 12.4. The zero-order valence-corrected chi connectivity index (χ0v) is 17.3. The highest BCUT2D eigenvalue weighted by atomic mass is 32.1. The lowest BCUT2D eigenvalue weighted by molar-refractivity contribution is 0.0245. The van der Waals surface area contributed by atoms with Crippen LogP contribution in [-0.4, -0.2) is 66.2 Å². The Bertz CT molecular complexity index is 621. The molecule has 2 amide bonds. The van der Waals surface area contributed by atoms with Crippen LogP contribution < -0.4 is 5.32 Å². The predicted molar refractivity (Wildman–Crippen MR) is 105 cm³/mol. The normalized spacial score (nSPS) is 21.5. The highest BCUT2D eigenvalue weighted by Gasteiger charge is 2.38. The molecular weight excluding hydrogens is 348 g/mol. The average molecular weight is 381 g/mol. The zero-order chi connectivity index (χ0) is 18.7. The van der Waals surface area contributed by atoms with Crippen LogP contribution in [0.5, 0.6) is 0 Å². The first kappa shape index (κ1) is 19.6. The molecule has 0 bridgehead atoms. The molecule has 1 saturated carbocycles. The van der Waals surface area contributed by atoms with Crippen molar-refractivity contribution in [2.45, 2.75) is 58.0 Å². The Kier molecular flexibility index (Phi) is 6.20. The fraction of sp³-hybridized carbons (Fsp3) is 0.789. The smallest absolute Gasteiger partial charge is 0.318 e. The third-order valence-corrected chi connectivity index (χ3v) is 6.70. The van der Waals surface area contributed by atoms with E-state index in [1.54, 1.807) is 16.2 Å². The van der Waals surface area contributed by atoms with Crippen molar-refractivity contribution >= 4 is 17.4 Å². The molecule has 0 aromatic carbocycles. The first-order valence-electron chi connectivity index (χ1n) is 9.69. The van der Waals surface area contributed by atoms with Crippen molar-refractivity contribution in [1.29, 1.82) is 0 Å². The molecule has 1 unspecified atom stereocenters. The number of morpholine rings is 1. The van der Waals surface area contributed by atoms with E-state index in [0.29, 0.717) is 0 Å².